The first kappa shape index (κ1) is 22.6. The highest BCUT2D eigenvalue weighted by atomic mass is 35.5. The van der Waals surface area contributed by atoms with Crippen LogP contribution in [0.5, 0.6) is 0 Å². The van der Waals surface area contributed by atoms with E-state index in [1.165, 1.54) is 0 Å². The van der Waals surface area contributed by atoms with Crippen LogP contribution in [0, 0.1) is 6.92 Å². The standard InChI is InChI=1S/C20H25ClN2O3S2/c1-15-7-9-19(10-8-15)23(28(3,25)26)16(2)20(24)22-11-12-27-14-17-5-4-6-18(21)13-17/h4-10,13,16H,11-12,14H2,1-3H3,(H,22,24)/t16-/m1/s1. The van der Waals surface area contributed by atoms with Gasteiger partial charge < -0.3 is 5.32 Å². The van der Waals surface area contributed by atoms with Gasteiger partial charge in [-0.05, 0) is 43.7 Å². The number of nitrogens with one attached hydrogen (secondary N) is 1. The van der Waals surface area contributed by atoms with Crippen LogP contribution in [0.3, 0.4) is 0 Å². The summed E-state index contributed by atoms with van der Waals surface area (Å²) in [4.78, 5) is 12.5. The Morgan fingerprint density at radius 1 is 1.21 bits per heavy atom. The van der Waals surface area contributed by atoms with Crippen molar-refractivity contribution >= 4 is 45.0 Å². The maximum Gasteiger partial charge on any atom is 0.243 e. The van der Waals surface area contributed by atoms with Gasteiger partial charge >= 0.3 is 0 Å². The van der Waals surface area contributed by atoms with E-state index in [0.29, 0.717) is 23.0 Å². The van der Waals surface area contributed by atoms with Crippen LogP contribution in [-0.2, 0) is 20.6 Å². The molecule has 0 aliphatic rings. The van der Waals surface area contributed by atoms with E-state index in [1.54, 1.807) is 30.8 Å². The minimum absolute atomic E-state index is 0.325. The van der Waals surface area contributed by atoms with Gasteiger partial charge in [-0.2, -0.15) is 11.8 Å². The van der Waals surface area contributed by atoms with Gasteiger partial charge in [-0.25, -0.2) is 8.42 Å². The highest BCUT2D eigenvalue weighted by Crippen LogP contribution is 2.21. The number of aryl methyl sites for hydroxylation is 1. The quantitative estimate of drug-likeness (QED) is 0.601. The second-order valence-electron chi connectivity index (χ2n) is 6.54. The summed E-state index contributed by atoms with van der Waals surface area (Å²) in [5, 5.41) is 3.53. The van der Waals surface area contributed by atoms with E-state index in [0.717, 1.165) is 27.4 Å². The van der Waals surface area contributed by atoms with Gasteiger partial charge in [0.05, 0.1) is 11.9 Å². The summed E-state index contributed by atoms with van der Waals surface area (Å²) in [6, 6.07) is 13.9. The molecule has 1 N–H and O–H groups in total. The van der Waals surface area contributed by atoms with Crippen LogP contribution in [0.1, 0.15) is 18.1 Å². The summed E-state index contributed by atoms with van der Waals surface area (Å²) >= 11 is 7.64. The smallest absolute Gasteiger partial charge is 0.243 e. The van der Waals surface area contributed by atoms with Crippen LogP contribution in [-0.4, -0.2) is 38.9 Å². The zero-order valence-corrected chi connectivity index (χ0v) is 18.6. The minimum Gasteiger partial charge on any atom is -0.353 e. The van der Waals surface area contributed by atoms with E-state index < -0.39 is 16.1 Å². The molecule has 28 heavy (non-hydrogen) atoms. The van der Waals surface area contributed by atoms with E-state index >= 15 is 0 Å². The van der Waals surface area contributed by atoms with Gasteiger partial charge in [0.2, 0.25) is 15.9 Å². The monoisotopic (exact) mass is 440 g/mol. The zero-order valence-electron chi connectivity index (χ0n) is 16.2. The maximum absolute atomic E-state index is 12.5. The summed E-state index contributed by atoms with van der Waals surface area (Å²) in [6.07, 6.45) is 1.11. The Balaban J connectivity index is 1.89. The number of hydrogen-bond donors (Lipinski definition) is 1. The molecule has 2 aromatic rings. The fraction of sp³-hybridized carbons (Fsp3) is 0.350. The van der Waals surface area contributed by atoms with Crippen LogP contribution in [0.4, 0.5) is 5.69 Å². The number of sulfonamides is 1. The molecule has 0 saturated heterocycles. The fourth-order valence-corrected chi connectivity index (χ4v) is 4.91. The molecule has 2 rings (SSSR count). The van der Waals surface area contributed by atoms with Crippen LogP contribution >= 0.6 is 23.4 Å². The van der Waals surface area contributed by atoms with E-state index in [-0.39, 0.29) is 5.91 Å². The Labute approximate surface area is 176 Å². The molecule has 0 bridgehead atoms. The summed E-state index contributed by atoms with van der Waals surface area (Å²) in [6.45, 7) is 3.97. The maximum atomic E-state index is 12.5. The largest absolute Gasteiger partial charge is 0.353 e. The number of halogens is 1. The SMILES string of the molecule is Cc1ccc(N([C@H](C)C(=O)NCCSCc2cccc(Cl)c2)S(C)(=O)=O)cc1. The Hall–Kier alpha value is -1.70. The van der Waals surface area contributed by atoms with Crippen molar-refractivity contribution in [3.8, 4) is 0 Å². The predicted octanol–water partition coefficient (Wildman–Crippen LogP) is 3.85. The van der Waals surface area contributed by atoms with Crippen molar-refractivity contribution in [1.29, 1.82) is 0 Å². The molecule has 0 heterocycles. The van der Waals surface area contributed by atoms with Gasteiger partial charge in [0.15, 0.2) is 0 Å². The minimum atomic E-state index is -3.60. The topological polar surface area (TPSA) is 66.5 Å². The van der Waals surface area contributed by atoms with E-state index in [4.69, 9.17) is 11.6 Å². The molecule has 2 aromatic carbocycles. The Bertz CT molecular complexity index is 902. The third-order valence-electron chi connectivity index (χ3n) is 4.08. The number of hydrogen-bond acceptors (Lipinski definition) is 4. The van der Waals surface area contributed by atoms with E-state index in [9.17, 15) is 13.2 Å². The van der Waals surface area contributed by atoms with Crippen molar-refractivity contribution in [2.24, 2.45) is 0 Å². The number of nitrogens with zero attached hydrogens (tertiary/aromatic N) is 1. The Kier molecular flexibility index (Phi) is 8.22. The van der Waals surface area contributed by atoms with E-state index in [2.05, 4.69) is 5.32 Å². The fourth-order valence-electron chi connectivity index (χ4n) is 2.71. The van der Waals surface area contributed by atoms with Gasteiger partial charge in [-0.1, -0.05) is 41.4 Å². The number of rotatable bonds is 9. The first-order valence-electron chi connectivity index (χ1n) is 8.84. The average molecular weight is 441 g/mol. The molecular weight excluding hydrogens is 416 g/mol. The summed E-state index contributed by atoms with van der Waals surface area (Å²) in [5.74, 6) is 1.19. The molecule has 152 valence electrons. The summed E-state index contributed by atoms with van der Waals surface area (Å²) in [7, 11) is -3.60. The molecule has 0 saturated carbocycles. The third kappa shape index (κ3) is 6.72. The number of carbonyl (C=O) groups is 1. The molecule has 0 radical (unpaired) electrons. The molecule has 5 nitrogen and oxygen atoms in total. The lowest BCUT2D eigenvalue weighted by molar-refractivity contribution is -0.121. The van der Waals surface area contributed by atoms with Crippen molar-refractivity contribution in [3.63, 3.8) is 0 Å². The van der Waals surface area contributed by atoms with Crippen LogP contribution in [0.25, 0.3) is 0 Å². The van der Waals surface area contributed by atoms with Crippen LogP contribution in [0.2, 0.25) is 5.02 Å². The van der Waals surface area contributed by atoms with Crippen LogP contribution in [0.15, 0.2) is 48.5 Å². The Morgan fingerprint density at radius 2 is 1.89 bits per heavy atom. The molecule has 1 amide bonds. The molecule has 0 spiro atoms. The molecule has 0 aliphatic carbocycles. The average Bonchev–Trinajstić information content (AvgIpc) is 2.62. The van der Waals surface area contributed by atoms with Crippen molar-refractivity contribution in [1.82, 2.24) is 5.32 Å². The predicted molar refractivity (Wildman–Crippen MR) is 119 cm³/mol. The number of carbonyl (C=O) groups excluding carboxylic acids is 1. The molecule has 0 aromatic heterocycles. The Morgan fingerprint density at radius 3 is 2.50 bits per heavy atom. The van der Waals surface area contributed by atoms with Crippen molar-refractivity contribution in [2.45, 2.75) is 25.6 Å². The first-order valence-corrected chi connectivity index (χ1v) is 12.2. The second kappa shape index (κ2) is 10.2. The molecule has 1 atom stereocenters. The van der Waals surface area contributed by atoms with Crippen molar-refractivity contribution in [2.75, 3.05) is 22.9 Å². The number of thioether (sulfide) groups is 1. The molecule has 8 heteroatoms. The normalized spacial score (nSPS) is 12.4. The van der Waals surface area contributed by atoms with Gasteiger partial charge in [0.1, 0.15) is 6.04 Å². The van der Waals surface area contributed by atoms with Gasteiger partial charge in [0, 0.05) is 23.1 Å². The van der Waals surface area contributed by atoms with Gasteiger partial charge in [-0.3, -0.25) is 9.10 Å². The molecular formula is C20H25ClN2O3S2. The van der Waals surface area contributed by atoms with E-state index in [1.807, 2.05) is 43.3 Å². The molecule has 0 unspecified atom stereocenters. The first-order chi connectivity index (χ1) is 13.2. The zero-order chi connectivity index (χ0) is 20.7. The number of benzene rings is 2. The lowest BCUT2D eigenvalue weighted by Gasteiger charge is -2.28. The molecule has 0 aliphatic heterocycles. The van der Waals surface area contributed by atoms with Crippen molar-refractivity contribution < 1.29 is 13.2 Å². The highest BCUT2D eigenvalue weighted by Gasteiger charge is 2.28. The number of anilines is 1. The summed E-state index contributed by atoms with van der Waals surface area (Å²) in [5.41, 5.74) is 2.62. The third-order valence-corrected chi connectivity index (χ3v) is 6.59. The number of amides is 1. The molecule has 0 fully saturated rings. The lowest BCUT2D eigenvalue weighted by atomic mass is 10.2. The van der Waals surface area contributed by atoms with Gasteiger partial charge in [-0.15, -0.1) is 0 Å². The summed E-state index contributed by atoms with van der Waals surface area (Å²) < 4.78 is 25.7. The highest BCUT2D eigenvalue weighted by molar-refractivity contribution is 7.98. The van der Waals surface area contributed by atoms with Crippen LogP contribution < -0.4 is 9.62 Å². The van der Waals surface area contributed by atoms with Crippen molar-refractivity contribution in [3.05, 3.63) is 64.7 Å². The van der Waals surface area contributed by atoms with Gasteiger partial charge in [0.25, 0.3) is 0 Å². The second-order valence-corrected chi connectivity index (χ2v) is 9.94. The lowest BCUT2D eigenvalue weighted by Crippen LogP contribution is -2.48.